The van der Waals surface area contributed by atoms with Crippen molar-refractivity contribution >= 4 is 62.4 Å². The number of thioether (sulfide) groups is 2. The van der Waals surface area contributed by atoms with Crippen LogP contribution in [0.1, 0.15) is 0 Å². The number of sulfonamides is 1. The van der Waals surface area contributed by atoms with Crippen molar-refractivity contribution in [3.8, 4) is 11.3 Å². The Morgan fingerprint density at radius 2 is 2.03 bits per heavy atom. The number of rotatable bonds is 5. The molecule has 1 N–H and O–H groups in total. The maximum absolute atomic E-state index is 12.8. The van der Waals surface area contributed by atoms with Crippen LogP contribution < -0.4 is 9.62 Å². The predicted octanol–water partition coefficient (Wildman–Crippen LogP) is 4.39. The fourth-order valence-electron chi connectivity index (χ4n) is 3.08. The number of halogens is 1. The van der Waals surface area contributed by atoms with Gasteiger partial charge < -0.3 is 5.32 Å². The first kappa shape index (κ1) is 21.9. The first-order valence-electron chi connectivity index (χ1n) is 9.02. The van der Waals surface area contributed by atoms with Crippen molar-refractivity contribution in [1.82, 2.24) is 9.97 Å². The van der Waals surface area contributed by atoms with E-state index in [2.05, 4.69) is 15.3 Å². The molecular formula is C20H17ClN4O3S3. The van der Waals surface area contributed by atoms with E-state index in [1.54, 1.807) is 30.0 Å². The Morgan fingerprint density at radius 3 is 2.81 bits per heavy atom. The molecular weight excluding hydrogens is 476 g/mol. The summed E-state index contributed by atoms with van der Waals surface area (Å²) in [5.74, 6) is -0.119. The van der Waals surface area contributed by atoms with E-state index < -0.39 is 10.0 Å². The molecule has 1 aliphatic heterocycles. The number of anilines is 2. The van der Waals surface area contributed by atoms with Gasteiger partial charge in [0.15, 0.2) is 5.16 Å². The largest absolute Gasteiger partial charge is 0.325 e. The summed E-state index contributed by atoms with van der Waals surface area (Å²) in [4.78, 5) is 22.0. The van der Waals surface area contributed by atoms with Gasteiger partial charge in [-0.3, -0.25) is 9.10 Å². The van der Waals surface area contributed by atoms with Crippen LogP contribution in [0.5, 0.6) is 0 Å². The van der Waals surface area contributed by atoms with Gasteiger partial charge in [0.25, 0.3) is 10.0 Å². The monoisotopic (exact) mass is 492 g/mol. The SMILES string of the molecule is CSc1cccc(NC(=O)CSc2ncc3c(n2)-c2ccc(Cl)cc2N(C)S3(=O)=O)c1. The summed E-state index contributed by atoms with van der Waals surface area (Å²) < 4.78 is 26.9. The van der Waals surface area contributed by atoms with E-state index in [0.717, 1.165) is 16.7 Å². The molecule has 3 aromatic rings. The van der Waals surface area contributed by atoms with E-state index >= 15 is 0 Å². The van der Waals surface area contributed by atoms with Gasteiger partial charge >= 0.3 is 0 Å². The smallest absolute Gasteiger partial charge is 0.267 e. The van der Waals surface area contributed by atoms with Gasteiger partial charge in [0.2, 0.25) is 5.91 Å². The second-order valence-electron chi connectivity index (χ2n) is 6.57. The first-order chi connectivity index (χ1) is 14.8. The highest BCUT2D eigenvalue weighted by molar-refractivity contribution is 7.99. The molecule has 0 unspecified atom stereocenters. The lowest BCUT2D eigenvalue weighted by molar-refractivity contribution is -0.113. The Bertz CT molecular complexity index is 1280. The lowest BCUT2D eigenvalue weighted by Crippen LogP contribution is -2.31. The summed E-state index contributed by atoms with van der Waals surface area (Å²) >= 11 is 8.79. The fourth-order valence-corrected chi connectivity index (χ4v) is 5.61. The van der Waals surface area contributed by atoms with Crippen LogP contribution >= 0.6 is 35.1 Å². The van der Waals surface area contributed by atoms with Crippen LogP contribution in [0.15, 0.2) is 63.6 Å². The molecule has 0 bridgehead atoms. The number of aromatic nitrogens is 2. The lowest BCUT2D eigenvalue weighted by Gasteiger charge is -2.28. The van der Waals surface area contributed by atoms with Gasteiger partial charge in [-0.15, -0.1) is 11.8 Å². The molecule has 1 aromatic heterocycles. The van der Waals surface area contributed by atoms with Crippen LogP contribution in [-0.2, 0) is 14.8 Å². The first-order valence-corrected chi connectivity index (χ1v) is 13.0. The molecule has 2 aromatic carbocycles. The molecule has 0 saturated heterocycles. The number of carbonyl (C=O) groups excluding carboxylic acids is 1. The molecule has 1 aliphatic rings. The van der Waals surface area contributed by atoms with Gasteiger partial charge in [-0.25, -0.2) is 18.4 Å². The highest BCUT2D eigenvalue weighted by Crippen LogP contribution is 2.42. The summed E-state index contributed by atoms with van der Waals surface area (Å²) in [6, 6.07) is 12.6. The van der Waals surface area contributed by atoms with Gasteiger partial charge in [0.1, 0.15) is 4.90 Å². The number of fused-ring (bicyclic) bond motifs is 3. The Kier molecular flexibility index (Phi) is 6.16. The molecule has 0 atom stereocenters. The molecule has 7 nitrogen and oxygen atoms in total. The predicted molar refractivity (Wildman–Crippen MR) is 126 cm³/mol. The summed E-state index contributed by atoms with van der Waals surface area (Å²) in [6.45, 7) is 0. The van der Waals surface area contributed by atoms with Crippen molar-refractivity contribution in [3.63, 3.8) is 0 Å². The molecule has 11 heteroatoms. The summed E-state index contributed by atoms with van der Waals surface area (Å²) in [5.41, 5.74) is 2.10. The van der Waals surface area contributed by atoms with Crippen molar-refractivity contribution in [3.05, 3.63) is 53.7 Å². The van der Waals surface area contributed by atoms with E-state index in [-0.39, 0.29) is 16.6 Å². The molecule has 0 saturated carbocycles. The van der Waals surface area contributed by atoms with Crippen molar-refractivity contribution in [1.29, 1.82) is 0 Å². The Balaban J connectivity index is 1.56. The zero-order valence-electron chi connectivity index (χ0n) is 16.5. The molecule has 0 spiro atoms. The van der Waals surface area contributed by atoms with Gasteiger partial charge in [-0.1, -0.05) is 29.4 Å². The van der Waals surface area contributed by atoms with Gasteiger partial charge in [0.05, 0.1) is 23.3 Å². The molecule has 160 valence electrons. The standard InChI is InChI=1S/C20H17ClN4O3S3/c1-25-16-8-12(21)6-7-15(16)19-17(31(25,27)28)10-22-20(24-19)30-11-18(26)23-13-4-3-5-14(9-13)29-2/h3-10H,11H2,1-2H3,(H,23,26). The quantitative estimate of drug-likeness (QED) is 0.417. The van der Waals surface area contributed by atoms with Crippen LogP contribution in [0.4, 0.5) is 11.4 Å². The number of hydrogen-bond acceptors (Lipinski definition) is 7. The topological polar surface area (TPSA) is 92.3 Å². The summed E-state index contributed by atoms with van der Waals surface area (Å²) in [6.07, 6.45) is 3.25. The van der Waals surface area contributed by atoms with E-state index in [9.17, 15) is 13.2 Å². The third kappa shape index (κ3) is 4.38. The second-order valence-corrected chi connectivity index (χ2v) is 10.8. The van der Waals surface area contributed by atoms with Gasteiger partial charge in [-0.2, -0.15) is 0 Å². The van der Waals surface area contributed by atoms with E-state index in [1.165, 1.54) is 17.5 Å². The highest BCUT2D eigenvalue weighted by atomic mass is 35.5. The molecule has 0 fully saturated rings. The summed E-state index contributed by atoms with van der Waals surface area (Å²) in [5, 5.41) is 3.58. The van der Waals surface area contributed by atoms with Crippen molar-refractivity contribution in [2.45, 2.75) is 14.9 Å². The van der Waals surface area contributed by atoms with Gasteiger partial charge in [-0.05, 0) is 42.7 Å². The maximum atomic E-state index is 12.8. The van der Waals surface area contributed by atoms with Crippen LogP contribution in [0.3, 0.4) is 0 Å². The van der Waals surface area contributed by atoms with Crippen LogP contribution in [0.25, 0.3) is 11.3 Å². The minimum atomic E-state index is -3.79. The minimum Gasteiger partial charge on any atom is -0.325 e. The van der Waals surface area contributed by atoms with Crippen molar-refractivity contribution < 1.29 is 13.2 Å². The highest BCUT2D eigenvalue weighted by Gasteiger charge is 2.34. The molecule has 1 amide bonds. The maximum Gasteiger partial charge on any atom is 0.267 e. The number of amides is 1. The Hall–Kier alpha value is -2.27. The van der Waals surface area contributed by atoms with E-state index in [1.807, 2.05) is 30.5 Å². The Morgan fingerprint density at radius 1 is 1.23 bits per heavy atom. The normalized spacial score (nSPS) is 14.0. The minimum absolute atomic E-state index is 0.0208. The van der Waals surface area contributed by atoms with Crippen molar-refractivity contribution in [2.75, 3.05) is 28.7 Å². The molecule has 0 aliphatic carbocycles. The molecule has 2 heterocycles. The van der Waals surface area contributed by atoms with Crippen LogP contribution in [-0.4, -0.2) is 43.3 Å². The third-order valence-electron chi connectivity index (χ3n) is 4.61. The Labute approximate surface area is 193 Å². The molecule has 0 radical (unpaired) electrons. The molecule has 31 heavy (non-hydrogen) atoms. The number of carbonyl (C=O) groups is 1. The molecule has 4 rings (SSSR count). The number of hydrogen-bond donors (Lipinski definition) is 1. The summed E-state index contributed by atoms with van der Waals surface area (Å²) in [7, 11) is -2.32. The van der Waals surface area contributed by atoms with E-state index in [4.69, 9.17) is 11.6 Å². The average Bonchev–Trinajstić information content (AvgIpc) is 2.76. The third-order valence-corrected chi connectivity index (χ3v) is 8.21. The fraction of sp³-hybridized carbons (Fsp3) is 0.150. The van der Waals surface area contributed by atoms with E-state index in [0.29, 0.717) is 32.8 Å². The number of nitrogens with zero attached hydrogens (tertiary/aromatic N) is 3. The van der Waals surface area contributed by atoms with Gasteiger partial charge in [0, 0.05) is 28.2 Å². The van der Waals surface area contributed by atoms with Crippen LogP contribution in [0, 0.1) is 0 Å². The number of nitrogens with one attached hydrogen (secondary N) is 1. The second kappa shape index (κ2) is 8.70. The van der Waals surface area contributed by atoms with Crippen LogP contribution in [0.2, 0.25) is 5.02 Å². The lowest BCUT2D eigenvalue weighted by atomic mass is 10.1. The zero-order valence-corrected chi connectivity index (χ0v) is 19.7. The van der Waals surface area contributed by atoms with Crippen molar-refractivity contribution in [2.24, 2.45) is 0 Å². The zero-order chi connectivity index (χ0) is 22.2. The number of benzene rings is 2. The average molecular weight is 493 g/mol.